The molecule has 0 unspecified atom stereocenters. The molecule has 8 heavy (non-hydrogen) atoms. The summed E-state index contributed by atoms with van der Waals surface area (Å²) in [6.45, 7) is 6.21. The summed E-state index contributed by atoms with van der Waals surface area (Å²) < 4.78 is 5.30. The number of hydrogen-bond donors (Lipinski definition) is 1. The van der Waals surface area contributed by atoms with E-state index < -0.39 is 0 Å². The first kappa shape index (κ1) is 6.05. The molecule has 0 saturated carbocycles. The molecule has 1 fully saturated rings. The molecule has 48 valence electrons. The Morgan fingerprint density at radius 1 is 1.62 bits per heavy atom. The molecule has 0 amide bonds. The maximum atomic E-state index is 5.30. The summed E-state index contributed by atoms with van der Waals surface area (Å²) in [6.07, 6.45) is 0.315. The van der Waals surface area contributed by atoms with Crippen LogP contribution in [0.3, 0.4) is 0 Å². The van der Waals surface area contributed by atoms with Gasteiger partial charge in [-0.05, 0) is 5.92 Å². The molecule has 2 nitrogen and oxygen atoms in total. The minimum atomic E-state index is 0.315. The first-order valence-electron chi connectivity index (χ1n) is 3.15. The number of ether oxygens (including phenoxy) is 1. The standard InChI is InChI=1S/C6H13NO/c1-5(2)6-7-3-4-8-6/h5-7H,3-4H2,1-2H3/t6-/m1/s1. The third-order valence-corrected chi connectivity index (χ3v) is 1.35. The normalized spacial score (nSPS) is 29.6. The van der Waals surface area contributed by atoms with Crippen molar-refractivity contribution in [1.82, 2.24) is 5.32 Å². The smallest absolute Gasteiger partial charge is 0.110 e. The minimum Gasteiger partial charge on any atom is -0.362 e. The van der Waals surface area contributed by atoms with Crippen LogP contribution in [0.25, 0.3) is 0 Å². The second kappa shape index (κ2) is 2.46. The highest BCUT2D eigenvalue weighted by atomic mass is 16.5. The first-order valence-corrected chi connectivity index (χ1v) is 3.15. The molecule has 0 spiro atoms. The maximum Gasteiger partial charge on any atom is 0.110 e. The van der Waals surface area contributed by atoms with Gasteiger partial charge in [-0.1, -0.05) is 13.8 Å². The average molecular weight is 115 g/mol. The van der Waals surface area contributed by atoms with E-state index in [2.05, 4.69) is 19.2 Å². The Kier molecular flexibility index (Phi) is 1.86. The van der Waals surface area contributed by atoms with E-state index in [1.165, 1.54) is 0 Å². The van der Waals surface area contributed by atoms with Gasteiger partial charge in [-0.2, -0.15) is 0 Å². The first-order chi connectivity index (χ1) is 3.80. The monoisotopic (exact) mass is 115 g/mol. The summed E-state index contributed by atoms with van der Waals surface area (Å²) in [6, 6.07) is 0. The molecule has 0 aliphatic carbocycles. The average Bonchev–Trinajstić information content (AvgIpc) is 2.12. The number of nitrogens with one attached hydrogen (secondary N) is 1. The van der Waals surface area contributed by atoms with Gasteiger partial charge in [0.2, 0.25) is 0 Å². The molecule has 0 aromatic carbocycles. The zero-order chi connectivity index (χ0) is 5.98. The second-order valence-corrected chi connectivity index (χ2v) is 2.49. The highest BCUT2D eigenvalue weighted by Gasteiger charge is 2.16. The van der Waals surface area contributed by atoms with Crippen LogP contribution in [0.4, 0.5) is 0 Å². The highest BCUT2D eigenvalue weighted by Crippen LogP contribution is 2.05. The van der Waals surface area contributed by atoms with Gasteiger partial charge in [0.1, 0.15) is 6.23 Å². The van der Waals surface area contributed by atoms with E-state index in [-0.39, 0.29) is 0 Å². The Morgan fingerprint density at radius 2 is 2.38 bits per heavy atom. The Labute approximate surface area is 50.2 Å². The zero-order valence-electron chi connectivity index (χ0n) is 5.48. The van der Waals surface area contributed by atoms with E-state index in [4.69, 9.17) is 4.74 Å². The molecule has 1 aliphatic heterocycles. The second-order valence-electron chi connectivity index (χ2n) is 2.49. The van der Waals surface area contributed by atoms with Crippen molar-refractivity contribution in [2.75, 3.05) is 13.2 Å². The molecule has 2 heteroatoms. The van der Waals surface area contributed by atoms with Crippen LogP contribution < -0.4 is 5.32 Å². The Morgan fingerprint density at radius 3 is 2.62 bits per heavy atom. The molecule has 0 aromatic heterocycles. The van der Waals surface area contributed by atoms with E-state index in [1.807, 2.05) is 0 Å². The van der Waals surface area contributed by atoms with E-state index in [0.29, 0.717) is 12.1 Å². The summed E-state index contributed by atoms with van der Waals surface area (Å²) in [7, 11) is 0. The lowest BCUT2D eigenvalue weighted by Crippen LogP contribution is -2.27. The largest absolute Gasteiger partial charge is 0.362 e. The quantitative estimate of drug-likeness (QED) is 0.540. The van der Waals surface area contributed by atoms with Crippen molar-refractivity contribution < 1.29 is 4.74 Å². The van der Waals surface area contributed by atoms with Crippen molar-refractivity contribution in [1.29, 1.82) is 0 Å². The molecule has 1 atom stereocenters. The van der Waals surface area contributed by atoms with Crippen molar-refractivity contribution >= 4 is 0 Å². The van der Waals surface area contributed by atoms with Crippen molar-refractivity contribution in [2.45, 2.75) is 20.1 Å². The van der Waals surface area contributed by atoms with Crippen molar-refractivity contribution in [2.24, 2.45) is 5.92 Å². The molecule has 1 saturated heterocycles. The molecule has 1 rings (SSSR count). The Bertz CT molecular complexity index is 66.9. The summed E-state index contributed by atoms with van der Waals surface area (Å²) in [5, 5.41) is 3.23. The molecule has 0 aromatic rings. The molecular weight excluding hydrogens is 102 g/mol. The van der Waals surface area contributed by atoms with Crippen LogP contribution in [0.5, 0.6) is 0 Å². The molecule has 0 bridgehead atoms. The van der Waals surface area contributed by atoms with E-state index in [1.54, 1.807) is 0 Å². The van der Waals surface area contributed by atoms with Gasteiger partial charge in [0.15, 0.2) is 0 Å². The summed E-state index contributed by atoms with van der Waals surface area (Å²) in [5.41, 5.74) is 0. The van der Waals surface area contributed by atoms with Crippen molar-refractivity contribution in [3.05, 3.63) is 0 Å². The predicted molar refractivity (Wildman–Crippen MR) is 32.6 cm³/mol. The van der Waals surface area contributed by atoms with Gasteiger partial charge >= 0.3 is 0 Å². The fourth-order valence-electron chi connectivity index (χ4n) is 0.874. The summed E-state index contributed by atoms with van der Waals surface area (Å²) >= 11 is 0. The van der Waals surface area contributed by atoms with Crippen LogP contribution in [-0.2, 0) is 4.74 Å². The van der Waals surface area contributed by atoms with Crippen LogP contribution in [0.2, 0.25) is 0 Å². The van der Waals surface area contributed by atoms with Crippen molar-refractivity contribution in [3.8, 4) is 0 Å². The fourth-order valence-corrected chi connectivity index (χ4v) is 0.874. The van der Waals surface area contributed by atoms with Gasteiger partial charge in [0.05, 0.1) is 6.61 Å². The SMILES string of the molecule is CC(C)[C@@H]1NCCO1. The highest BCUT2D eigenvalue weighted by molar-refractivity contribution is 4.65. The lowest BCUT2D eigenvalue weighted by molar-refractivity contribution is 0.0650. The van der Waals surface area contributed by atoms with E-state index in [9.17, 15) is 0 Å². The molecule has 0 radical (unpaired) electrons. The van der Waals surface area contributed by atoms with Gasteiger partial charge in [-0.25, -0.2) is 0 Å². The third-order valence-electron chi connectivity index (χ3n) is 1.35. The molecular formula is C6H13NO. The van der Waals surface area contributed by atoms with Crippen LogP contribution in [-0.4, -0.2) is 19.4 Å². The molecule has 1 aliphatic rings. The van der Waals surface area contributed by atoms with Crippen LogP contribution in [0.15, 0.2) is 0 Å². The van der Waals surface area contributed by atoms with Gasteiger partial charge in [-0.15, -0.1) is 0 Å². The number of rotatable bonds is 1. The molecule has 1 heterocycles. The van der Waals surface area contributed by atoms with Gasteiger partial charge in [0.25, 0.3) is 0 Å². The zero-order valence-corrected chi connectivity index (χ0v) is 5.48. The minimum absolute atomic E-state index is 0.315. The lowest BCUT2D eigenvalue weighted by Gasteiger charge is -2.12. The Balaban J connectivity index is 2.24. The van der Waals surface area contributed by atoms with Crippen LogP contribution >= 0.6 is 0 Å². The third kappa shape index (κ3) is 1.20. The fraction of sp³-hybridized carbons (Fsp3) is 1.00. The van der Waals surface area contributed by atoms with E-state index >= 15 is 0 Å². The van der Waals surface area contributed by atoms with Crippen LogP contribution in [0, 0.1) is 5.92 Å². The Hall–Kier alpha value is -0.0800. The van der Waals surface area contributed by atoms with Gasteiger partial charge < -0.3 is 4.74 Å². The summed E-state index contributed by atoms with van der Waals surface area (Å²) in [4.78, 5) is 0. The van der Waals surface area contributed by atoms with E-state index in [0.717, 1.165) is 13.2 Å². The van der Waals surface area contributed by atoms with Crippen molar-refractivity contribution in [3.63, 3.8) is 0 Å². The summed E-state index contributed by atoms with van der Waals surface area (Å²) in [5.74, 6) is 0.609. The maximum absolute atomic E-state index is 5.30. The van der Waals surface area contributed by atoms with Gasteiger partial charge in [0, 0.05) is 6.54 Å². The number of hydrogen-bond acceptors (Lipinski definition) is 2. The topological polar surface area (TPSA) is 21.3 Å². The lowest BCUT2D eigenvalue weighted by atomic mass is 10.2. The van der Waals surface area contributed by atoms with Gasteiger partial charge in [-0.3, -0.25) is 5.32 Å². The molecule has 1 N–H and O–H groups in total. The predicted octanol–water partition coefficient (Wildman–Crippen LogP) is 0.588. The van der Waals surface area contributed by atoms with Crippen LogP contribution in [0.1, 0.15) is 13.8 Å².